The summed E-state index contributed by atoms with van der Waals surface area (Å²) in [7, 11) is 0. The predicted octanol–water partition coefficient (Wildman–Crippen LogP) is 3.08. The van der Waals surface area contributed by atoms with Crippen LogP contribution < -0.4 is 10.1 Å². The highest BCUT2D eigenvalue weighted by atomic mass is 32.1. The standard InChI is InChI=1S/C21H24F3N7O2S/c1-4-33-20-26-7-14(8-27-20)15-5-17(21(22,23)24)34-19(15)16-9-25-6-12(2)31(16)18(32)10-30-11-28-13(3)29-30/h5,7-8,11-12,16,25H,4,6,9-10H2,1-3H3. The van der Waals surface area contributed by atoms with E-state index in [1.807, 2.05) is 6.92 Å². The normalized spacial score (nSPS) is 18.8. The summed E-state index contributed by atoms with van der Waals surface area (Å²) < 4.78 is 47.8. The molecule has 34 heavy (non-hydrogen) atoms. The molecule has 1 fully saturated rings. The number of amides is 1. The van der Waals surface area contributed by atoms with E-state index in [-0.39, 0.29) is 24.5 Å². The molecule has 0 saturated carbocycles. The molecular weight excluding hydrogens is 471 g/mol. The zero-order valence-corrected chi connectivity index (χ0v) is 19.7. The maximum atomic E-state index is 13.7. The number of piperazine rings is 1. The molecule has 182 valence electrons. The number of aromatic nitrogens is 5. The first kappa shape index (κ1) is 24.1. The van der Waals surface area contributed by atoms with Crippen molar-refractivity contribution in [3.63, 3.8) is 0 Å². The Bertz CT molecular complexity index is 1150. The van der Waals surface area contributed by atoms with E-state index in [9.17, 15) is 18.0 Å². The number of thiophene rings is 1. The second-order valence-electron chi connectivity index (χ2n) is 7.89. The van der Waals surface area contributed by atoms with E-state index in [1.165, 1.54) is 23.4 Å². The van der Waals surface area contributed by atoms with E-state index in [4.69, 9.17) is 4.74 Å². The van der Waals surface area contributed by atoms with Crippen molar-refractivity contribution in [3.8, 4) is 17.1 Å². The first-order valence-corrected chi connectivity index (χ1v) is 11.5. The Labute approximate surface area is 198 Å². The van der Waals surface area contributed by atoms with Gasteiger partial charge in [-0.3, -0.25) is 4.79 Å². The maximum absolute atomic E-state index is 13.7. The lowest BCUT2D eigenvalue weighted by atomic mass is 10.0. The van der Waals surface area contributed by atoms with Crippen molar-refractivity contribution in [2.75, 3.05) is 19.7 Å². The number of halogens is 3. The zero-order valence-electron chi connectivity index (χ0n) is 18.8. The van der Waals surface area contributed by atoms with E-state index in [0.29, 0.717) is 52.9 Å². The lowest BCUT2D eigenvalue weighted by molar-refractivity contribution is -0.138. The molecule has 3 aromatic heterocycles. The minimum absolute atomic E-state index is 0.0549. The van der Waals surface area contributed by atoms with Crippen molar-refractivity contribution in [2.24, 2.45) is 0 Å². The largest absolute Gasteiger partial charge is 0.464 e. The quantitative estimate of drug-likeness (QED) is 0.561. The van der Waals surface area contributed by atoms with Gasteiger partial charge in [0.1, 0.15) is 23.6 Å². The Hall–Kier alpha value is -3.06. The number of alkyl halides is 3. The van der Waals surface area contributed by atoms with Crippen molar-refractivity contribution >= 4 is 17.2 Å². The van der Waals surface area contributed by atoms with Gasteiger partial charge in [0.25, 0.3) is 0 Å². The Morgan fingerprint density at radius 3 is 2.62 bits per heavy atom. The first-order chi connectivity index (χ1) is 16.2. The van der Waals surface area contributed by atoms with Gasteiger partial charge in [0.15, 0.2) is 0 Å². The summed E-state index contributed by atoms with van der Waals surface area (Å²) in [5, 5.41) is 7.40. The third-order valence-electron chi connectivity index (χ3n) is 5.38. The molecule has 0 radical (unpaired) electrons. The average Bonchev–Trinajstić information content (AvgIpc) is 3.40. The van der Waals surface area contributed by atoms with E-state index in [2.05, 4.69) is 25.4 Å². The lowest BCUT2D eigenvalue weighted by Crippen LogP contribution is -2.54. The van der Waals surface area contributed by atoms with Crippen LogP contribution in [0.5, 0.6) is 6.01 Å². The summed E-state index contributed by atoms with van der Waals surface area (Å²) in [4.78, 5) is 26.8. The van der Waals surface area contributed by atoms with Gasteiger partial charge in [0, 0.05) is 47.5 Å². The van der Waals surface area contributed by atoms with Crippen LogP contribution in [0.3, 0.4) is 0 Å². The van der Waals surface area contributed by atoms with Gasteiger partial charge in [-0.1, -0.05) is 0 Å². The van der Waals surface area contributed by atoms with Gasteiger partial charge in [-0.25, -0.2) is 19.6 Å². The highest BCUT2D eigenvalue weighted by Crippen LogP contribution is 2.45. The number of rotatable bonds is 6. The molecule has 9 nitrogen and oxygen atoms in total. The van der Waals surface area contributed by atoms with Gasteiger partial charge in [0.05, 0.1) is 12.6 Å². The van der Waals surface area contributed by atoms with Crippen molar-refractivity contribution in [2.45, 2.75) is 45.6 Å². The van der Waals surface area contributed by atoms with E-state index in [0.717, 1.165) is 6.07 Å². The van der Waals surface area contributed by atoms with E-state index < -0.39 is 17.1 Å². The number of hydrogen-bond acceptors (Lipinski definition) is 8. The molecule has 0 spiro atoms. The number of nitrogens with one attached hydrogen (secondary N) is 1. The van der Waals surface area contributed by atoms with Gasteiger partial charge in [-0.15, -0.1) is 11.3 Å². The molecule has 2 unspecified atom stereocenters. The molecule has 1 saturated heterocycles. The fourth-order valence-corrected chi connectivity index (χ4v) is 5.08. The fraction of sp³-hybridized carbons (Fsp3) is 0.476. The summed E-state index contributed by atoms with van der Waals surface area (Å²) in [6.07, 6.45) is -0.184. The molecule has 0 aromatic carbocycles. The minimum atomic E-state index is -4.52. The second-order valence-corrected chi connectivity index (χ2v) is 8.97. The topological polar surface area (TPSA) is 98.1 Å². The van der Waals surface area contributed by atoms with Crippen LogP contribution in [0.1, 0.15) is 35.5 Å². The molecular formula is C21H24F3N7O2S. The van der Waals surface area contributed by atoms with Crippen LogP contribution >= 0.6 is 11.3 Å². The molecule has 1 aliphatic rings. The van der Waals surface area contributed by atoms with Crippen LogP contribution in [0, 0.1) is 6.92 Å². The van der Waals surface area contributed by atoms with Crippen molar-refractivity contribution < 1.29 is 22.7 Å². The van der Waals surface area contributed by atoms with Crippen molar-refractivity contribution in [1.29, 1.82) is 0 Å². The molecule has 3 aromatic rings. The van der Waals surface area contributed by atoms with Crippen molar-refractivity contribution in [3.05, 3.63) is 40.4 Å². The molecule has 0 aliphatic carbocycles. The van der Waals surface area contributed by atoms with E-state index >= 15 is 0 Å². The molecule has 4 rings (SSSR count). The third kappa shape index (κ3) is 5.04. The summed E-state index contributed by atoms with van der Waals surface area (Å²) in [6.45, 7) is 6.52. The number of aryl methyl sites for hydroxylation is 1. The first-order valence-electron chi connectivity index (χ1n) is 10.7. The van der Waals surface area contributed by atoms with Crippen LogP contribution in [0.4, 0.5) is 13.2 Å². The highest BCUT2D eigenvalue weighted by Gasteiger charge is 2.39. The third-order valence-corrected chi connectivity index (χ3v) is 6.66. The van der Waals surface area contributed by atoms with Gasteiger partial charge < -0.3 is 15.0 Å². The average molecular weight is 496 g/mol. The fourth-order valence-electron chi connectivity index (χ4n) is 3.93. The summed E-state index contributed by atoms with van der Waals surface area (Å²) in [5.41, 5.74) is 0.762. The SMILES string of the molecule is CCOc1ncc(-c2cc(C(F)(F)F)sc2C2CNCC(C)N2C(=O)Cn2cnc(C)n2)cn1. The number of nitrogens with zero attached hydrogens (tertiary/aromatic N) is 6. The number of carbonyl (C=O) groups is 1. The van der Waals surface area contributed by atoms with Crippen LogP contribution in [-0.2, 0) is 17.5 Å². The van der Waals surface area contributed by atoms with Crippen LogP contribution in [0.15, 0.2) is 24.8 Å². The van der Waals surface area contributed by atoms with Crippen molar-refractivity contribution in [1.82, 2.24) is 34.9 Å². The molecule has 2 atom stereocenters. The van der Waals surface area contributed by atoms with E-state index in [1.54, 1.807) is 18.7 Å². The Balaban J connectivity index is 1.73. The molecule has 13 heteroatoms. The number of hydrogen-bond donors (Lipinski definition) is 1. The number of ether oxygens (including phenoxy) is 1. The van der Waals surface area contributed by atoms with Gasteiger partial charge in [-0.2, -0.15) is 18.3 Å². The summed E-state index contributed by atoms with van der Waals surface area (Å²) >= 11 is 0.635. The van der Waals surface area contributed by atoms with Gasteiger partial charge in [-0.05, 0) is 26.8 Å². The summed E-state index contributed by atoms with van der Waals surface area (Å²) in [6, 6.07) is 0.397. The molecule has 0 bridgehead atoms. The maximum Gasteiger partial charge on any atom is 0.425 e. The van der Waals surface area contributed by atoms with Crippen LogP contribution in [0.25, 0.3) is 11.1 Å². The van der Waals surface area contributed by atoms with Crippen LogP contribution in [0.2, 0.25) is 0 Å². The van der Waals surface area contributed by atoms with Crippen LogP contribution in [-0.4, -0.2) is 61.3 Å². The number of carbonyl (C=O) groups excluding carboxylic acids is 1. The Morgan fingerprint density at radius 2 is 2.00 bits per heavy atom. The molecule has 1 amide bonds. The Morgan fingerprint density at radius 1 is 1.26 bits per heavy atom. The summed E-state index contributed by atoms with van der Waals surface area (Å²) in [5.74, 6) is 0.281. The molecule has 1 N–H and O–H groups in total. The monoisotopic (exact) mass is 495 g/mol. The predicted molar refractivity (Wildman–Crippen MR) is 118 cm³/mol. The zero-order chi connectivity index (χ0) is 24.5. The van der Waals surface area contributed by atoms with Gasteiger partial charge in [0.2, 0.25) is 5.91 Å². The molecule has 4 heterocycles. The second kappa shape index (κ2) is 9.66. The van der Waals surface area contributed by atoms with Gasteiger partial charge >= 0.3 is 12.2 Å². The minimum Gasteiger partial charge on any atom is -0.464 e. The molecule has 1 aliphatic heterocycles. The smallest absolute Gasteiger partial charge is 0.425 e. The highest BCUT2D eigenvalue weighted by molar-refractivity contribution is 7.12. The lowest BCUT2D eigenvalue weighted by Gasteiger charge is -2.41. The Kier molecular flexibility index (Phi) is 6.84.